The zero-order chi connectivity index (χ0) is 14.6. The van der Waals surface area contributed by atoms with Crippen molar-refractivity contribution in [2.24, 2.45) is 0 Å². The van der Waals surface area contributed by atoms with E-state index in [1.54, 1.807) is 24.3 Å². The number of hydrogen-bond donors (Lipinski definition) is 0. The number of benzene rings is 2. The number of halogens is 1. The molecule has 0 bridgehead atoms. The lowest BCUT2D eigenvalue weighted by atomic mass is 10.2. The van der Waals surface area contributed by atoms with Crippen LogP contribution in [0, 0.1) is 13.8 Å². The van der Waals surface area contributed by atoms with Gasteiger partial charge >= 0.3 is 7.82 Å². The number of rotatable bonds is 5. The standard InChI is InChI=1S/C14H14ClO4P/c1-11-7-3-5-9-13(11)17-20(16,19-15)18-14-10-6-4-8-12(14)2/h3-10H,1-2H3. The molecule has 0 saturated heterocycles. The normalized spacial score (nSPS) is 11.2. The van der Waals surface area contributed by atoms with E-state index >= 15 is 0 Å². The second-order valence-corrected chi connectivity index (χ2v) is 6.04. The monoisotopic (exact) mass is 312 g/mol. The molecule has 0 spiro atoms. The summed E-state index contributed by atoms with van der Waals surface area (Å²) in [6, 6.07) is 14.2. The molecular formula is C14H14ClO4P. The van der Waals surface area contributed by atoms with Gasteiger partial charge < -0.3 is 9.05 Å². The Kier molecular flexibility index (Phi) is 4.71. The molecule has 0 unspecified atom stereocenters. The van der Waals surface area contributed by atoms with Gasteiger partial charge in [-0.2, -0.15) is 4.08 Å². The van der Waals surface area contributed by atoms with Crippen molar-refractivity contribution in [3.63, 3.8) is 0 Å². The van der Waals surface area contributed by atoms with Gasteiger partial charge in [-0.3, -0.25) is 0 Å². The quantitative estimate of drug-likeness (QED) is 0.725. The van der Waals surface area contributed by atoms with E-state index in [4.69, 9.17) is 20.9 Å². The van der Waals surface area contributed by atoms with Gasteiger partial charge in [0.1, 0.15) is 11.5 Å². The molecule has 2 aromatic carbocycles. The van der Waals surface area contributed by atoms with E-state index in [-0.39, 0.29) is 0 Å². The minimum absolute atomic E-state index is 0.394. The number of para-hydroxylation sites is 2. The molecular weight excluding hydrogens is 299 g/mol. The predicted octanol–water partition coefficient (Wildman–Crippen LogP) is 5.04. The van der Waals surface area contributed by atoms with E-state index in [0.717, 1.165) is 11.1 Å². The Balaban J connectivity index is 2.24. The van der Waals surface area contributed by atoms with Crippen LogP contribution < -0.4 is 9.05 Å². The van der Waals surface area contributed by atoms with Crippen LogP contribution in [0.25, 0.3) is 0 Å². The van der Waals surface area contributed by atoms with Crippen molar-refractivity contribution in [1.29, 1.82) is 0 Å². The summed E-state index contributed by atoms with van der Waals surface area (Å²) in [6.45, 7) is 3.64. The molecule has 6 heteroatoms. The topological polar surface area (TPSA) is 44.8 Å². The van der Waals surface area contributed by atoms with Crippen LogP contribution in [-0.2, 0) is 8.64 Å². The average molecular weight is 313 g/mol. The van der Waals surface area contributed by atoms with Crippen molar-refractivity contribution < 1.29 is 17.7 Å². The van der Waals surface area contributed by atoms with Gasteiger partial charge in [-0.15, -0.1) is 0 Å². The highest BCUT2D eigenvalue weighted by molar-refractivity contribution is 7.50. The Labute approximate surface area is 123 Å². The van der Waals surface area contributed by atoms with Crippen LogP contribution in [0.4, 0.5) is 0 Å². The molecule has 0 aliphatic heterocycles. The van der Waals surface area contributed by atoms with Crippen LogP contribution in [0.2, 0.25) is 0 Å². The van der Waals surface area contributed by atoms with Crippen molar-refractivity contribution in [3.8, 4) is 11.5 Å². The van der Waals surface area contributed by atoms with Crippen molar-refractivity contribution in [3.05, 3.63) is 59.7 Å². The van der Waals surface area contributed by atoms with Gasteiger partial charge in [-0.25, -0.2) is 4.57 Å². The second kappa shape index (κ2) is 6.31. The molecule has 0 heterocycles. The molecule has 0 atom stereocenters. The number of aryl methyl sites for hydroxylation is 2. The van der Waals surface area contributed by atoms with Crippen LogP contribution in [0.3, 0.4) is 0 Å². The summed E-state index contributed by atoms with van der Waals surface area (Å²) < 4.78 is 27.5. The molecule has 0 fully saturated rings. The van der Waals surface area contributed by atoms with Crippen molar-refractivity contribution in [1.82, 2.24) is 0 Å². The predicted molar refractivity (Wildman–Crippen MR) is 78.2 cm³/mol. The summed E-state index contributed by atoms with van der Waals surface area (Å²) >= 11 is 5.30. The van der Waals surface area contributed by atoms with E-state index < -0.39 is 7.82 Å². The first kappa shape index (κ1) is 14.9. The summed E-state index contributed by atoms with van der Waals surface area (Å²) in [4.78, 5) is 0. The van der Waals surface area contributed by atoms with Crippen molar-refractivity contribution in [2.45, 2.75) is 13.8 Å². The largest absolute Gasteiger partial charge is 0.604 e. The molecule has 0 amide bonds. The van der Waals surface area contributed by atoms with E-state index in [1.165, 1.54) is 0 Å². The summed E-state index contributed by atoms with van der Waals surface area (Å²) in [5.74, 6) is 0.787. The van der Waals surface area contributed by atoms with E-state index in [9.17, 15) is 4.57 Å². The molecule has 4 nitrogen and oxygen atoms in total. The van der Waals surface area contributed by atoms with E-state index in [1.807, 2.05) is 38.1 Å². The van der Waals surface area contributed by atoms with Crippen molar-refractivity contribution >= 4 is 19.7 Å². The lowest BCUT2D eigenvalue weighted by molar-refractivity contribution is 0.306. The first-order valence-corrected chi connectivity index (χ1v) is 7.72. The van der Waals surface area contributed by atoms with E-state index in [0.29, 0.717) is 11.5 Å². The Bertz CT molecular complexity index is 593. The van der Waals surface area contributed by atoms with E-state index in [2.05, 4.69) is 4.08 Å². The average Bonchev–Trinajstić information content (AvgIpc) is 2.44. The van der Waals surface area contributed by atoms with Crippen LogP contribution in [0.5, 0.6) is 11.5 Å². The molecule has 106 valence electrons. The van der Waals surface area contributed by atoms with Crippen LogP contribution in [-0.4, -0.2) is 0 Å². The zero-order valence-electron chi connectivity index (χ0n) is 11.1. The molecule has 0 aliphatic rings. The van der Waals surface area contributed by atoms with Gasteiger partial charge in [-0.05, 0) is 37.1 Å². The third kappa shape index (κ3) is 3.54. The third-order valence-corrected chi connectivity index (χ3v) is 4.21. The first-order chi connectivity index (χ1) is 9.54. The molecule has 0 aromatic heterocycles. The Hall–Kier alpha value is -1.48. The number of phosphoric ester groups is 1. The fourth-order valence-corrected chi connectivity index (χ4v) is 2.76. The number of hydrogen-bond acceptors (Lipinski definition) is 4. The van der Waals surface area contributed by atoms with Gasteiger partial charge in [0.25, 0.3) is 0 Å². The number of phosphoric acid groups is 1. The molecule has 20 heavy (non-hydrogen) atoms. The lowest BCUT2D eigenvalue weighted by Gasteiger charge is -2.17. The van der Waals surface area contributed by atoms with Crippen LogP contribution in [0.1, 0.15) is 11.1 Å². The van der Waals surface area contributed by atoms with Gasteiger partial charge in [-0.1, -0.05) is 36.4 Å². The summed E-state index contributed by atoms with van der Waals surface area (Å²) in [7, 11) is -3.93. The highest BCUT2D eigenvalue weighted by Gasteiger charge is 2.32. The summed E-state index contributed by atoms with van der Waals surface area (Å²) in [5, 5.41) is 0. The fraction of sp³-hybridized carbons (Fsp3) is 0.143. The van der Waals surface area contributed by atoms with Gasteiger partial charge in [0.15, 0.2) is 0 Å². The smallest absolute Gasteiger partial charge is 0.394 e. The summed E-state index contributed by atoms with van der Waals surface area (Å²) in [6.07, 6.45) is 0. The Morgan fingerprint density at radius 1 is 0.850 bits per heavy atom. The molecule has 0 saturated carbocycles. The van der Waals surface area contributed by atoms with Crippen LogP contribution >= 0.6 is 19.7 Å². The zero-order valence-corrected chi connectivity index (χ0v) is 12.7. The lowest BCUT2D eigenvalue weighted by Crippen LogP contribution is -2.02. The highest BCUT2D eigenvalue weighted by atomic mass is 35.5. The van der Waals surface area contributed by atoms with Crippen molar-refractivity contribution in [2.75, 3.05) is 0 Å². The maximum absolute atomic E-state index is 12.4. The highest BCUT2D eigenvalue weighted by Crippen LogP contribution is 2.51. The second-order valence-electron chi connectivity index (χ2n) is 4.23. The fourth-order valence-electron chi connectivity index (χ4n) is 1.61. The van der Waals surface area contributed by atoms with Crippen LogP contribution in [0.15, 0.2) is 48.5 Å². The van der Waals surface area contributed by atoms with Gasteiger partial charge in [0.2, 0.25) is 0 Å². The van der Waals surface area contributed by atoms with Gasteiger partial charge in [0, 0.05) is 0 Å². The molecule has 0 radical (unpaired) electrons. The maximum Gasteiger partial charge on any atom is 0.604 e. The third-order valence-electron chi connectivity index (χ3n) is 2.69. The Morgan fingerprint density at radius 3 is 1.60 bits per heavy atom. The summed E-state index contributed by atoms with van der Waals surface area (Å²) in [5.41, 5.74) is 1.60. The maximum atomic E-state index is 12.4. The molecule has 2 aromatic rings. The SMILES string of the molecule is Cc1ccccc1OP(=O)(OCl)Oc1ccccc1C. The molecule has 0 aliphatic carbocycles. The molecule has 2 rings (SSSR count). The van der Waals surface area contributed by atoms with Gasteiger partial charge in [0.05, 0.1) is 11.9 Å². The first-order valence-electron chi connectivity index (χ1n) is 5.95. The minimum Gasteiger partial charge on any atom is -0.394 e. The Morgan fingerprint density at radius 2 is 1.25 bits per heavy atom. The molecule has 0 N–H and O–H groups in total. The minimum atomic E-state index is -3.93.